The first-order valence-corrected chi connectivity index (χ1v) is 11.6. The maximum Gasteiger partial charge on any atom is 0.271 e. The molecule has 1 saturated carbocycles. The zero-order valence-corrected chi connectivity index (χ0v) is 16.0. The fourth-order valence-electron chi connectivity index (χ4n) is 4.07. The van der Waals surface area contributed by atoms with Crippen molar-refractivity contribution in [1.29, 1.82) is 0 Å². The normalized spacial score (nSPS) is 26.1. The third-order valence-electron chi connectivity index (χ3n) is 5.71. The van der Waals surface area contributed by atoms with Crippen LogP contribution in [0.4, 0.5) is 0 Å². The topological polar surface area (TPSA) is 84.3 Å². The molecule has 3 fully saturated rings. The number of aromatic nitrogens is 2. The van der Waals surface area contributed by atoms with E-state index in [2.05, 4.69) is 15.3 Å². The van der Waals surface area contributed by atoms with Crippen LogP contribution < -0.4 is 5.32 Å². The molecule has 0 bridgehead atoms. The van der Waals surface area contributed by atoms with Crippen molar-refractivity contribution in [3.05, 3.63) is 17.5 Å². The number of carbonyl (C=O) groups excluding carboxylic acids is 1. The van der Waals surface area contributed by atoms with Crippen LogP contribution in [-0.4, -0.2) is 66.7 Å². The standard InChI is InChI=1S/C18H28N4O3S/c23-18(19-7-10-21-8-2-1-3-9-21)16-12-17(14-4-5-14)22(20-16)15-6-11-26(24,25)13-15/h12,14-15H,1-11,13H2,(H,19,23). The molecular formula is C18H28N4O3S. The lowest BCUT2D eigenvalue weighted by Gasteiger charge is -2.26. The first-order valence-electron chi connectivity index (χ1n) is 9.82. The lowest BCUT2D eigenvalue weighted by molar-refractivity contribution is 0.0940. The van der Waals surface area contributed by atoms with Crippen molar-refractivity contribution in [2.75, 3.05) is 37.7 Å². The monoisotopic (exact) mass is 380 g/mol. The Kier molecular flexibility index (Phi) is 5.05. The molecule has 1 unspecified atom stereocenters. The molecule has 0 radical (unpaired) electrons. The maximum absolute atomic E-state index is 12.5. The minimum Gasteiger partial charge on any atom is -0.349 e. The second kappa shape index (κ2) is 7.31. The SMILES string of the molecule is O=C(NCCN1CCCCC1)c1cc(C2CC2)n(C2CCS(=O)(=O)C2)n1. The van der Waals surface area contributed by atoms with Gasteiger partial charge in [0.15, 0.2) is 9.84 Å². The number of hydrogen-bond acceptors (Lipinski definition) is 5. The van der Waals surface area contributed by atoms with Gasteiger partial charge in [-0.2, -0.15) is 5.10 Å². The molecule has 3 aliphatic rings. The summed E-state index contributed by atoms with van der Waals surface area (Å²) in [4.78, 5) is 14.9. The molecule has 2 saturated heterocycles. The van der Waals surface area contributed by atoms with Gasteiger partial charge in [0.25, 0.3) is 5.91 Å². The Hall–Kier alpha value is -1.41. The van der Waals surface area contributed by atoms with E-state index in [1.807, 2.05) is 10.7 Å². The molecule has 1 amide bonds. The highest BCUT2D eigenvalue weighted by molar-refractivity contribution is 7.91. The minimum atomic E-state index is -2.97. The Balaban J connectivity index is 1.40. The highest BCUT2D eigenvalue weighted by Gasteiger charge is 2.36. The summed E-state index contributed by atoms with van der Waals surface area (Å²) in [7, 11) is -2.97. The number of rotatable bonds is 6. The molecular weight excluding hydrogens is 352 g/mol. The van der Waals surface area contributed by atoms with Crippen LogP contribution in [0.1, 0.15) is 66.7 Å². The third-order valence-corrected chi connectivity index (χ3v) is 7.46. The second-order valence-electron chi connectivity index (χ2n) is 7.89. The van der Waals surface area contributed by atoms with Gasteiger partial charge >= 0.3 is 0 Å². The van der Waals surface area contributed by atoms with Crippen molar-refractivity contribution in [3.63, 3.8) is 0 Å². The van der Waals surface area contributed by atoms with E-state index >= 15 is 0 Å². The first kappa shape index (κ1) is 18.0. The zero-order valence-electron chi connectivity index (χ0n) is 15.2. The molecule has 1 aliphatic carbocycles. The predicted molar refractivity (Wildman–Crippen MR) is 99.1 cm³/mol. The van der Waals surface area contributed by atoms with Crippen molar-refractivity contribution >= 4 is 15.7 Å². The van der Waals surface area contributed by atoms with Crippen molar-refractivity contribution in [3.8, 4) is 0 Å². The number of nitrogens with zero attached hydrogens (tertiary/aromatic N) is 3. The predicted octanol–water partition coefficient (Wildman–Crippen LogP) is 1.34. The molecule has 1 aromatic rings. The van der Waals surface area contributed by atoms with Gasteiger partial charge in [-0.25, -0.2) is 8.42 Å². The van der Waals surface area contributed by atoms with Crippen LogP contribution >= 0.6 is 0 Å². The van der Waals surface area contributed by atoms with Crippen LogP contribution in [0.2, 0.25) is 0 Å². The average molecular weight is 381 g/mol. The van der Waals surface area contributed by atoms with E-state index in [4.69, 9.17) is 0 Å². The Morgan fingerprint density at radius 2 is 1.96 bits per heavy atom. The first-order chi connectivity index (χ1) is 12.5. The van der Waals surface area contributed by atoms with E-state index in [1.165, 1.54) is 19.3 Å². The summed E-state index contributed by atoms with van der Waals surface area (Å²) in [6.45, 7) is 3.74. The highest BCUT2D eigenvalue weighted by atomic mass is 32.2. The van der Waals surface area contributed by atoms with Crippen LogP contribution in [0, 0.1) is 0 Å². The number of likely N-dealkylation sites (tertiary alicyclic amines) is 1. The average Bonchev–Trinajstić information content (AvgIpc) is 3.27. The van der Waals surface area contributed by atoms with Gasteiger partial charge in [-0.3, -0.25) is 9.48 Å². The van der Waals surface area contributed by atoms with Crippen LogP contribution in [0.3, 0.4) is 0 Å². The number of nitrogens with one attached hydrogen (secondary N) is 1. The lowest BCUT2D eigenvalue weighted by Crippen LogP contribution is -2.37. The van der Waals surface area contributed by atoms with Gasteiger partial charge in [-0.05, 0) is 51.3 Å². The Morgan fingerprint density at radius 1 is 1.19 bits per heavy atom. The number of piperidine rings is 1. The summed E-state index contributed by atoms with van der Waals surface area (Å²) in [5, 5.41) is 7.49. The Labute approximate surface area is 155 Å². The fourth-order valence-corrected chi connectivity index (χ4v) is 5.76. The summed E-state index contributed by atoms with van der Waals surface area (Å²) in [6.07, 6.45) is 6.59. The van der Waals surface area contributed by atoms with Gasteiger partial charge in [0.05, 0.1) is 17.5 Å². The smallest absolute Gasteiger partial charge is 0.271 e. The molecule has 3 heterocycles. The van der Waals surface area contributed by atoms with Crippen molar-refractivity contribution < 1.29 is 13.2 Å². The zero-order chi connectivity index (χ0) is 18.1. The number of carbonyl (C=O) groups is 1. The highest BCUT2D eigenvalue weighted by Crippen LogP contribution is 2.42. The van der Waals surface area contributed by atoms with Gasteiger partial charge in [-0.1, -0.05) is 6.42 Å². The van der Waals surface area contributed by atoms with Gasteiger partial charge in [-0.15, -0.1) is 0 Å². The third kappa shape index (κ3) is 4.11. The van der Waals surface area contributed by atoms with E-state index in [1.54, 1.807) is 0 Å². The summed E-state index contributed by atoms with van der Waals surface area (Å²) in [6, 6.07) is 1.75. The van der Waals surface area contributed by atoms with E-state index in [9.17, 15) is 13.2 Å². The van der Waals surface area contributed by atoms with Gasteiger partial charge < -0.3 is 10.2 Å². The van der Waals surface area contributed by atoms with Crippen LogP contribution in [0.15, 0.2) is 6.07 Å². The lowest BCUT2D eigenvalue weighted by atomic mass is 10.1. The van der Waals surface area contributed by atoms with Gasteiger partial charge in [0.1, 0.15) is 5.69 Å². The van der Waals surface area contributed by atoms with Gasteiger partial charge in [0.2, 0.25) is 0 Å². The fraction of sp³-hybridized carbons (Fsp3) is 0.778. The van der Waals surface area contributed by atoms with E-state index in [0.29, 0.717) is 24.6 Å². The van der Waals surface area contributed by atoms with Crippen molar-refractivity contribution in [1.82, 2.24) is 20.0 Å². The molecule has 1 N–H and O–H groups in total. The summed E-state index contributed by atoms with van der Waals surface area (Å²) >= 11 is 0. The van der Waals surface area contributed by atoms with Gasteiger partial charge in [0, 0.05) is 24.7 Å². The number of sulfone groups is 1. The maximum atomic E-state index is 12.5. The molecule has 144 valence electrons. The van der Waals surface area contributed by atoms with Crippen LogP contribution in [0.25, 0.3) is 0 Å². The quantitative estimate of drug-likeness (QED) is 0.805. The molecule has 1 aromatic heterocycles. The molecule has 1 atom stereocenters. The molecule has 0 aromatic carbocycles. The number of hydrogen-bond donors (Lipinski definition) is 1. The summed E-state index contributed by atoms with van der Waals surface area (Å²) in [5.74, 6) is 0.646. The molecule has 26 heavy (non-hydrogen) atoms. The molecule has 8 heteroatoms. The summed E-state index contributed by atoms with van der Waals surface area (Å²) in [5.41, 5.74) is 1.46. The minimum absolute atomic E-state index is 0.120. The van der Waals surface area contributed by atoms with Crippen LogP contribution in [-0.2, 0) is 9.84 Å². The molecule has 4 rings (SSSR count). The summed E-state index contributed by atoms with van der Waals surface area (Å²) < 4.78 is 25.5. The largest absolute Gasteiger partial charge is 0.349 e. The second-order valence-corrected chi connectivity index (χ2v) is 10.1. The van der Waals surface area contributed by atoms with E-state index in [-0.39, 0.29) is 23.5 Å². The molecule has 0 spiro atoms. The van der Waals surface area contributed by atoms with E-state index in [0.717, 1.165) is 38.2 Å². The number of amides is 1. The van der Waals surface area contributed by atoms with E-state index < -0.39 is 9.84 Å². The molecule has 2 aliphatic heterocycles. The Morgan fingerprint density at radius 3 is 2.62 bits per heavy atom. The van der Waals surface area contributed by atoms with Crippen molar-refractivity contribution in [2.24, 2.45) is 0 Å². The van der Waals surface area contributed by atoms with Crippen molar-refractivity contribution in [2.45, 2.75) is 50.5 Å². The van der Waals surface area contributed by atoms with Crippen LogP contribution in [0.5, 0.6) is 0 Å². The molecule has 7 nitrogen and oxygen atoms in total. The Bertz CT molecular complexity index is 763.